The van der Waals surface area contributed by atoms with Gasteiger partial charge in [-0.15, -0.1) is 0 Å². The number of amides is 1. The Morgan fingerprint density at radius 3 is 2.44 bits per heavy atom. The fourth-order valence-corrected chi connectivity index (χ4v) is 2.05. The zero-order valence-electron chi connectivity index (χ0n) is 14.7. The van der Waals surface area contributed by atoms with Gasteiger partial charge in [0.15, 0.2) is 11.5 Å². The number of nitrogens with one attached hydrogen (secondary N) is 1. The van der Waals surface area contributed by atoms with Gasteiger partial charge in [-0.05, 0) is 32.0 Å². The largest absolute Gasteiger partial charge is 0.493 e. The molecule has 8 heteroatoms. The predicted molar refractivity (Wildman–Crippen MR) is 91.9 cm³/mol. The summed E-state index contributed by atoms with van der Waals surface area (Å²) in [5.41, 5.74) is 0.749. The lowest BCUT2D eigenvalue weighted by atomic mass is 10.2. The number of benzene rings is 1. The summed E-state index contributed by atoms with van der Waals surface area (Å²) in [6.45, 7) is 4.48. The molecule has 2 rings (SSSR count). The molecule has 0 radical (unpaired) electrons. The van der Waals surface area contributed by atoms with E-state index in [9.17, 15) is 4.79 Å². The summed E-state index contributed by atoms with van der Waals surface area (Å²) >= 11 is 0. The van der Waals surface area contributed by atoms with Crippen molar-refractivity contribution in [1.29, 1.82) is 0 Å². The molecule has 134 valence electrons. The Bertz CT molecular complexity index is 736. The summed E-state index contributed by atoms with van der Waals surface area (Å²) in [5.74, 6) is 0.894. The van der Waals surface area contributed by atoms with E-state index in [2.05, 4.69) is 15.3 Å². The van der Waals surface area contributed by atoms with E-state index in [1.807, 2.05) is 13.8 Å². The molecule has 0 aliphatic heterocycles. The first-order chi connectivity index (χ1) is 12.1. The van der Waals surface area contributed by atoms with Crippen LogP contribution in [-0.2, 0) is 0 Å². The van der Waals surface area contributed by atoms with Crippen molar-refractivity contribution < 1.29 is 23.7 Å². The summed E-state index contributed by atoms with van der Waals surface area (Å²) in [6, 6.07) is 5.07. The molecular weight excluding hydrogens is 326 g/mol. The van der Waals surface area contributed by atoms with Gasteiger partial charge in [0.25, 0.3) is 5.91 Å². The lowest BCUT2D eigenvalue weighted by Gasteiger charge is -2.12. The van der Waals surface area contributed by atoms with E-state index in [4.69, 9.17) is 18.9 Å². The fourth-order valence-electron chi connectivity index (χ4n) is 2.05. The Hall–Kier alpha value is -3.03. The third-order valence-electron chi connectivity index (χ3n) is 3.18. The van der Waals surface area contributed by atoms with E-state index in [-0.39, 0.29) is 17.8 Å². The first-order valence-electron chi connectivity index (χ1n) is 7.78. The van der Waals surface area contributed by atoms with Crippen molar-refractivity contribution in [2.75, 3.05) is 32.8 Å². The van der Waals surface area contributed by atoms with Crippen LogP contribution in [0.25, 0.3) is 0 Å². The average Bonchev–Trinajstić information content (AvgIpc) is 2.63. The molecule has 0 saturated carbocycles. The van der Waals surface area contributed by atoms with E-state index in [1.165, 1.54) is 20.4 Å². The third-order valence-corrected chi connectivity index (χ3v) is 3.18. The summed E-state index contributed by atoms with van der Waals surface area (Å²) < 4.78 is 21.1. The van der Waals surface area contributed by atoms with Crippen LogP contribution in [0.15, 0.2) is 24.4 Å². The zero-order chi connectivity index (χ0) is 18.2. The van der Waals surface area contributed by atoms with E-state index < -0.39 is 0 Å². The Balaban J connectivity index is 2.24. The molecule has 1 heterocycles. The second-order valence-electron chi connectivity index (χ2n) is 4.76. The third kappa shape index (κ3) is 4.50. The number of hydrogen-bond acceptors (Lipinski definition) is 7. The summed E-state index contributed by atoms with van der Waals surface area (Å²) in [5, 5.41) is 2.73. The van der Waals surface area contributed by atoms with Crippen molar-refractivity contribution in [3.63, 3.8) is 0 Å². The van der Waals surface area contributed by atoms with Crippen molar-refractivity contribution >= 4 is 11.6 Å². The van der Waals surface area contributed by atoms with Crippen LogP contribution in [0.2, 0.25) is 0 Å². The molecule has 1 N–H and O–H groups in total. The highest BCUT2D eigenvalue weighted by Crippen LogP contribution is 2.29. The standard InChI is InChI=1S/C17H21N3O5/c1-5-24-16-12(10-18-17(20-16)25-6-2)19-15(21)11-7-8-13(22-3)14(9-11)23-4/h7-10H,5-6H2,1-4H3,(H,19,21). The number of hydrogen-bond donors (Lipinski definition) is 1. The highest BCUT2D eigenvalue weighted by atomic mass is 16.5. The van der Waals surface area contributed by atoms with Gasteiger partial charge in [0.1, 0.15) is 5.69 Å². The smallest absolute Gasteiger partial charge is 0.319 e. The number of rotatable bonds is 8. The van der Waals surface area contributed by atoms with Gasteiger partial charge in [-0.3, -0.25) is 4.79 Å². The lowest BCUT2D eigenvalue weighted by molar-refractivity contribution is 0.102. The highest BCUT2D eigenvalue weighted by molar-refractivity contribution is 6.05. The van der Waals surface area contributed by atoms with Crippen LogP contribution in [-0.4, -0.2) is 43.3 Å². The van der Waals surface area contributed by atoms with Gasteiger partial charge < -0.3 is 24.3 Å². The predicted octanol–water partition coefficient (Wildman–Crippen LogP) is 2.54. The van der Waals surface area contributed by atoms with Crippen LogP contribution < -0.4 is 24.3 Å². The van der Waals surface area contributed by atoms with Gasteiger partial charge in [0, 0.05) is 5.56 Å². The Kier molecular flexibility index (Phi) is 6.39. The fraction of sp³-hybridized carbons (Fsp3) is 0.353. The normalized spacial score (nSPS) is 10.1. The molecule has 0 fully saturated rings. The molecular formula is C17H21N3O5. The quantitative estimate of drug-likeness (QED) is 0.784. The number of carbonyl (C=O) groups excluding carboxylic acids is 1. The molecule has 0 atom stereocenters. The number of nitrogens with zero attached hydrogens (tertiary/aromatic N) is 2. The minimum atomic E-state index is -0.352. The minimum Gasteiger partial charge on any atom is -0.493 e. The molecule has 0 unspecified atom stereocenters. The number of carbonyl (C=O) groups is 1. The van der Waals surface area contributed by atoms with Crippen molar-refractivity contribution in [3.8, 4) is 23.4 Å². The summed E-state index contributed by atoms with van der Waals surface area (Å²) in [4.78, 5) is 20.7. The number of anilines is 1. The van der Waals surface area contributed by atoms with Crippen LogP contribution >= 0.6 is 0 Å². The molecule has 8 nitrogen and oxygen atoms in total. The van der Waals surface area contributed by atoms with E-state index in [0.29, 0.717) is 36.0 Å². The van der Waals surface area contributed by atoms with E-state index >= 15 is 0 Å². The van der Waals surface area contributed by atoms with Gasteiger partial charge >= 0.3 is 6.01 Å². The van der Waals surface area contributed by atoms with Crippen LogP contribution in [0.5, 0.6) is 23.4 Å². The molecule has 1 aromatic heterocycles. The molecule has 2 aromatic rings. The van der Waals surface area contributed by atoms with Crippen molar-refractivity contribution in [1.82, 2.24) is 9.97 Å². The van der Waals surface area contributed by atoms with Crippen LogP contribution in [0, 0.1) is 0 Å². The number of aromatic nitrogens is 2. The Morgan fingerprint density at radius 1 is 1.08 bits per heavy atom. The van der Waals surface area contributed by atoms with Gasteiger partial charge in [-0.25, -0.2) is 4.98 Å². The number of ether oxygens (including phenoxy) is 4. The second kappa shape index (κ2) is 8.72. The Morgan fingerprint density at radius 2 is 1.80 bits per heavy atom. The van der Waals surface area contributed by atoms with Gasteiger partial charge in [0.05, 0.1) is 33.6 Å². The highest BCUT2D eigenvalue weighted by Gasteiger charge is 2.15. The van der Waals surface area contributed by atoms with Gasteiger partial charge in [-0.1, -0.05) is 0 Å². The van der Waals surface area contributed by atoms with E-state index in [1.54, 1.807) is 18.2 Å². The Labute approximate surface area is 146 Å². The minimum absolute atomic E-state index is 0.190. The average molecular weight is 347 g/mol. The summed E-state index contributed by atoms with van der Waals surface area (Å²) in [7, 11) is 3.04. The monoisotopic (exact) mass is 347 g/mol. The molecule has 1 aromatic carbocycles. The summed E-state index contributed by atoms with van der Waals surface area (Å²) in [6.07, 6.45) is 1.45. The maximum absolute atomic E-state index is 12.5. The molecule has 0 aliphatic rings. The van der Waals surface area contributed by atoms with E-state index in [0.717, 1.165) is 0 Å². The first-order valence-corrected chi connectivity index (χ1v) is 7.78. The molecule has 25 heavy (non-hydrogen) atoms. The second-order valence-corrected chi connectivity index (χ2v) is 4.76. The molecule has 0 aliphatic carbocycles. The van der Waals surface area contributed by atoms with Gasteiger partial charge in [0.2, 0.25) is 5.88 Å². The van der Waals surface area contributed by atoms with Gasteiger partial charge in [-0.2, -0.15) is 4.98 Å². The van der Waals surface area contributed by atoms with Crippen LogP contribution in [0.1, 0.15) is 24.2 Å². The topological polar surface area (TPSA) is 91.8 Å². The maximum Gasteiger partial charge on any atom is 0.319 e. The molecule has 0 saturated heterocycles. The van der Waals surface area contributed by atoms with Crippen molar-refractivity contribution in [2.24, 2.45) is 0 Å². The maximum atomic E-state index is 12.5. The van der Waals surface area contributed by atoms with Crippen molar-refractivity contribution in [3.05, 3.63) is 30.0 Å². The SMILES string of the molecule is CCOc1ncc(NC(=O)c2ccc(OC)c(OC)c2)c(OCC)n1. The van der Waals surface area contributed by atoms with Crippen LogP contribution in [0.4, 0.5) is 5.69 Å². The first kappa shape index (κ1) is 18.3. The van der Waals surface area contributed by atoms with Crippen molar-refractivity contribution in [2.45, 2.75) is 13.8 Å². The molecule has 0 bridgehead atoms. The molecule has 1 amide bonds. The lowest BCUT2D eigenvalue weighted by Crippen LogP contribution is -2.14. The molecule has 0 spiro atoms. The van der Waals surface area contributed by atoms with Crippen LogP contribution in [0.3, 0.4) is 0 Å². The number of methoxy groups -OCH3 is 2. The zero-order valence-corrected chi connectivity index (χ0v) is 14.7.